The lowest BCUT2D eigenvalue weighted by molar-refractivity contribution is 0.182. The summed E-state index contributed by atoms with van der Waals surface area (Å²) in [7, 11) is 1.66. The number of rotatable bonds is 8. The van der Waals surface area contributed by atoms with Gasteiger partial charge < -0.3 is 10.1 Å². The Balaban J connectivity index is 1.99. The van der Waals surface area contributed by atoms with Crippen molar-refractivity contribution < 1.29 is 4.74 Å². The third kappa shape index (κ3) is 4.93. The van der Waals surface area contributed by atoms with Crippen LogP contribution in [0.5, 0.6) is 5.75 Å². The minimum atomic E-state index is 0.534. The van der Waals surface area contributed by atoms with Crippen LogP contribution in [-0.4, -0.2) is 47.2 Å². The number of anilines is 1. The summed E-state index contributed by atoms with van der Waals surface area (Å²) in [5.74, 6) is 2.39. The van der Waals surface area contributed by atoms with Crippen molar-refractivity contribution in [3.63, 3.8) is 0 Å². The zero-order valence-electron chi connectivity index (χ0n) is 15.3. The highest BCUT2D eigenvalue weighted by Crippen LogP contribution is 2.19. The molecule has 0 unspecified atom stereocenters. The summed E-state index contributed by atoms with van der Waals surface area (Å²) in [6, 6.07) is 10.7. The number of nitrogens with zero attached hydrogens (tertiary/aromatic N) is 3. The molecule has 0 atom stereocenters. The average Bonchev–Trinajstić information content (AvgIpc) is 2.58. The molecular formula is C19H28N4O. The van der Waals surface area contributed by atoms with Gasteiger partial charge in [0.15, 0.2) is 5.82 Å². The highest BCUT2D eigenvalue weighted by atomic mass is 16.5. The second-order valence-electron chi connectivity index (χ2n) is 6.35. The molecule has 5 heteroatoms. The largest absolute Gasteiger partial charge is 0.497 e. The molecule has 0 aliphatic carbocycles. The Labute approximate surface area is 145 Å². The summed E-state index contributed by atoms with van der Waals surface area (Å²) in [5, 5.41) is 3.40. The Bertz CT molecular complexity index is 618. The van der Waals surface area contributed by atoms with E-state index in [0.29, 0.717) is 17.9 Å². The van der Waals surface area contributed by atoms with Crippen molar-refractivity contribution in [1.29, 1.82) is 0 Å². The van der Waals surface area contributed by atoms with E-state index in [4.69, 9.17) is 4.74 Å². The smallest absolute Gasteiger partial charge is 0.161 e. The number of hydrogen-bond donors (Lipinski definition) is 1. The van der Waals surface area contributed by atoms with Crippen LogP contribution in [0.2, 0.25) is 0 Å². The van der Waals surface area contributed by atoms with Gasteiger partial charge in [-0.1, -0.05) is 0 Å². The first-order chi connectivity index (χ1) is 11.5. The fourth-order valence-corrected chi connectivity index (χ4v) is 2.76. The van der Waals surface area contributed by atoms with E-state index in [0.717, 1.165) is 30.2 Å². The van der Waals surface area contributed by atoms with Crippen molar-refractivity contribution in [1.82, 2.24) is 14.9 Å². The summed E-state index contributed by atoms with van der Waals surface area (Å²) < 4.78 is 5.18. The molecule has 2 rings (SSSR count). The predicted octanol–water partition coefficient (Wildman–Crippen LogP) is 3.68. The maximum Gasteiger partial charge on any atom is 0.161 e. The minimum Gasteiger partial charge on any atom is -0.497 e. The summed E-state index contributed by atoms with van der Waals surface area (Å²) >= 11 is 0. The number of ether oxygens (including phenoxy) is 1. The van der Waals surface area contributed by atoms with Gasteiger partial charge >= 0.3 is 0 Å². The van der Waals surface area contributed by atoms with Gasteiger partial charge in [-0.2, -0.15) is 0 Å². The molecule has 0 radical (unpaired) electrons. The molecule has 1 heterocycles. The molecule has 1 N–H and O–H groups in total. The normalized spacial score (nSPS) is 11.3. The van der Waals surface area contributed by atoms with Crippen molar-refractivity contribution >= 4 is 5.82 Å². The third-order valence-electron chi connectivity index (χ3n) is 4.01. The van der Waals surface area contributed by atoms with Crippen LogP contribution in [0.15, 0.2) is 36.5 Å². The van der Waals surface area contributed by atoms with Crippen molar-refractivity contribution in [3.8, 4) is 17.1 Å². The SMILES string of the molecule is COc1ccc(-c2nccc(NCCN(C(C)C)C(C)C)n2)cc1. The van der Waals surface area contributed by atoms with Crippen LogP contribution in [0.25, 0.3) is 11.4 Å². The summed E-state index contributed by atoms with van der Waals surface area (Å²) in [6.07, 6.45) is 1.79. The minimum absolute atomic E-state index is 0.534. The molecule has 0 amide bonds. The van der Waals surface area contributed by atoms with E-state index < -0.39 is 0 Å². The van der Waals surface area contributed by atoms with Gasteiger partial charge in [-0.3, -0.25) is 4.90 Å². The molecular weight excluding hydrogens is 300 g/mol. The number of benzene rings is 1. The van der Waals surface area contributed by atoms with Gasteiger partial charge in [-0.25, -0.2) is 9.97 Å². The van der Waals surface area contributed by atoms with Gasteiger partial charge in [0, 0.05) is 36.9 Å². The van der Waals surface area contributed by atoms with Crippen LogP contribution in [-0.2, 0) is 0 Å². The third-order valence-corrected chi connectivity index (χ3v) is 4.01. The Morgan fingerprint density at radius 2 is 1.71 bits per heavy atom. The molecule has 0 aliphatic heterocycles. The molecule has 0 saturated heterocycles. The average molecular weight is 328 g/mol. The van der Waals surface area contributed by atoms with Gasteiger partial charge in [0.25, 0.3) is 0 Å². The molecule has 0 saturated carbocycles. The summed E-state index contributed by atoms with van der Waals surface area (Å²) in [5.41, 5.74) is 0.977. The van der Waals surface area contributed by atoms with E-state index in [1.165, 1.54) is 0 Å². The monoisotopic (exact) mass is 328 g/mol. The highest BCUT2D eigenvalue weighted by molar-refractivity contribution is 5.57. The second-order valence-corrected chi connectivity index (χ2v) is 6.35. The lowest BCUT2D eigenvalue weighted by Gasteiger charge is -2.30. The molecule has 0 bridgehead atoms. The Morgan fingerprint density at radius 1 is 1.04 bits per heavy atom. The lowest BCUT2D eigenvalue weighted by Crippen LogP contribution is -2.40. The van der Waals surface area contributed by atoms with Gasteiger partial charge in [0.2, 0.25) is 0 Å². The van der Waals surface area contributed by atoms with Crippen molar-refractivity contribution in [2.24, 2.45) is 0 Å². The molecule has 1 aromatic carbocycles. The van der Waals surface area contributed by atoms with E-state index in [-0.39, 0.29) is 0 Å². The zero-order valence-corrected chi connectivity index (χ0v) is 15.3. The maximum atomic E-state index is 5.18. The topological polar surface area (TPSA) is 50.3 Å². The first-order valence-corrected chi connectivity index (χ1v) is 8.48. The second kappa shape index (κ2) is 8.64. The zero-order chi connectivity index (χ0) is 17.5. The Morgan fingerprint density at radius 3 is 2.29 bits per heavy atom. The van der Waals surface area contributed by atoms with Crippen LogP contribution in [0, 0.1) is 0 Å². The van der Waals surface area contributed by atoms with Crippen molar-refractivity contribution in [3.05, 3.63) is 36.5 Å². The summed E-state index contributed by atoms with van der Waals surface area (Å²) in [4.78, 5) is 11.4. The Hall–Kier alpha value is -2.14. The van der Waals surface area contributed by atoms with E-state index in [1.54, 1.807) is 13.3 Å². The van der Waals surface area contributed by atoms with E-state index in [2.05, 4.69) is 47.9 Å². The predicted molar refractivity (Wildman–Crippen MR) is 99.5 cm³/mol. The molecule has 0 fully saturated rings. The van der Waals surface area contributed by atoms with Crippen LogP contribution < -0.4 is 10.1 Å². The quantitative estimate of drug-likeness (QED) is 0.801. The number of nitrogens with one attached hydrogen (secondary N) is 1. The first kappa shape index (κ1) is 18.2. The summed E-state index contributed by atoms with van der Waals surface area (Å²) in [6.45, 7) is 10.8. The van der Waals surface area contributed by atoms with Crippen LogP contribution >= 0.6 is 0 Å². The van der Waals surface area contributed by atoms with Crippen LogP contribution in [0.3, 0.4) is 0 Å². The van der Waals surface area contributed by atoms with Crippen molar-refractivity contribution in [2.45, 2.75) is 39.8 Å². The first-order valence-electron chi connectivity index (χ1n) is 8.48. The molecule has 130 valence electrons. The molecule has 0 spiro atoms. The van der Waals surface area contributed by atoms with Crippen molar-refractivity contribution in [2.75, 3.05) is 25.5 Å². The lowest BCUT2D eigenvalue weighted by atomic mass is 10.2. The molecule has 0 aliphatic rings. The molecule has 2 aromatic rings. The number of methoxy groups -OCH3 is 1. The molecule has 1 aromatic heterocycles. The van der Waals surface area contributed by atoms with E-state index >= 15 is 0 Å². The van der Waals surface area contributed by atoms with Gasteiger partial charge in [0.05, 0.1) is 7.11 Å². The fraction of sp³-hybridized carbons (Fsp3) is 0.474. The maximum absolute atomic E-state index is 5.18. The van der Waals surface area contributed by atoms with Gasteiger partial charge in [-0.15, -0.1) is 0 Å². The molecule has 24 heavy (non-hydrogen) atoms. The Kier molecular flexibility index (Phi) is 6.55. The fourth-order valence-electron chi connectivity index (χ4n) is 2.76. The van der Waals surface area contributed by atoms with E-state index in [1.807, 2.05) is 30.3 Å². The highest BCUT2D eigenvalue weighted by Gasteiger charge is 2.12. The van der Waals surface area contributed by atoms with E-state index in [9.17, 15) is 0 Å². The van der Waals surface area contributed by atoms with Gasteiger partial charge in [0.1, 0.15) is 11.6 Å². The van der Waals surface area contributed by atoms with Crippen LogP contribution in [0.4, 0.5) is 5.82 Å². The number of hydrogen-bond acceptors (Lipinski definition) is 5. The number of aromatic nitrogens is 2. The van der Waals surface area contributed by atoms with Gasteiger partial charge in [-0.05, 0) is 58.0 Å². The standard InChI is InChI=1S/C19H28N4O/c1-14(2)23(15(3)4)13-12-20-18-10-11-21-19(22-18)16-6-8-17(24-5)9-7-16/h6-11,14-15H,12-13H2,1-5H3,(H,20,21,22). The molecule has 5 nitrogen and oxygen atoms in total. The van der Waals surface area contributed by atoms with Crippen LogP contribution in [0.1, 0.15) is 27.7 Å².